The van der Waals surface area contributed by atoms with E-state index >= 15 is 0 Å². The zero-order chi connectivity index (χ0) is 16.4. The van der Waals surface area contributed by atoms with Crippen LogP contribution >= 0.6 is 0 Å². The van der Waals surface area contributed by atoms with Crippen LogP contribution in [0.2, 0.25) is 0 Å². The van der Waals surface area contributed by atoms with E-state index in [2.05, 4.69) is 9.88 Å². The third-order valence-electron chi connectivity index (χ3n) is 5.26. The van der Waals surface area contributed by atoms with Gasteiger partial charge in [0.1, 0.15) is 17.6 Å². The molecular formula is C19H26N2O3. The van der Waals surface area contributed by atoms with Gasteiger partial charge in [-0.3, -0.25) is 4.90 Å². The number of rotatable bonds is 6. The molecule has 5 nitrogen and oxygen atoms in total. The Labute approximate surface area is 142 Å². The molecule has 3 heterocycles. The average molecular weight is 330 g/mol. The minimum Gasteiger partial charge on any atom is -0.467 e. The molecule has 0 bridgehead atoms. The molecule has 5 heteroatoms. The Kier molecular flexibility index (Phi) is 4.72. The lowest BCUT2D eigenvalue weighted by Crippen LogP contribution is -2.35. The van der Waals surface area contributed by atoms with Crippen LogP contribution in [-0.4, -0.2) is 27.6 Å². The molecule has 2 fully saturated rings. The number of hydrogen-bond donors (Lipinski definition) is 1. The minimum atomic E-state index is -0.544. The molecule has 1 aliphatic heterocycles. The van der Waals surface area contributed by atoms with Crippen molar-refractivity contribution in [2.45, 2.75) is 69.6 Å². The maximum absolute atomic E-state index is 10.5. The highest BCUT2D eigenvalue weighted by atomic mass is 16.4. The average Bonchev–Trinajstić information content (AvgIpc) is 3.15. The van der Waals surface area contributed by atoms with Crippen LogP contribution < -0.4 is 0 Å². The standard InChI is InChI=1S/C19H26N2O3/c22-16(17-6-4-10-23-17)11-15-5-2-1-3-9-21(15)13-19-20-12-18(24-19)14-7-8-14/h4,6,10,12,14-16,22H,1-3,5,7-9,11,13H2/t15-,16-/m1/s1. The van der Waals surface area contributed by atoms with E-state index in [0.717, 1.165) is 31.2 Å². The number of oxazole rings is 1. The molecule has 0 radical (unpaired) electrons. The molecule has 0 amide bonds. The quantitative estimate of drug-likeness (QED) is 0.867. The Morgan fingerprint density at radius 2 is 2.17 bits per heavy atom. The summed E-state index contributed by atoms with van der Waals surface area (Å²) in [4.78, 5) is 6.91. The van der Waals surface area contributed by atoms with Gasteiger partial charge in [0.15, 0.2) is 0 Å². The first kappa shape index (κ1) is 15.9. The van der Waals surface area contributed by atoms with Gasteiger partial charge in [0.05, 0.1) is 19.0 Å². The number of furan rings is 1. The first-order valence-electron chi connectivity index (χ1n) is 9.19. The molecule has 0 aromatic carbocycles. The first-order chi connectivity index (χ1) is 11.8. The second-order valence-electron chi connectivity index (χ2n) is 7.17. The van der Waals surface area contributed by atoms with Crippen LogP contribution in [0, 0.1) is 0 Å². The van der Waals surface area contributed by atoms with Crippen molar-refractivity contribution in [1.82, 2.24) is 9.88 Å². The molecule has 24 heavy (non-hydrogen) atoms. The van der Waals surface area contributed by atoms with E-state index in [1.807, 2.05) is 18.3 Å². The number of hydrogen-bond acceptors (Lipinski definition) is 5. The summed E-state index contributed by atoms with van der Waals surface area (Å²) < 4.78 is 11.3. The monoisotopic (exact) mass is 330 g/mol. The molecule has 1 aliphatic carbocycles. The molecule has 2 aromatic heterocycles. The molecule has 1 N–H and O–H groups in total. The highest BCUT2D eigenvalue weighted by molar-refractivity contribution is 5.08. The molecule has 2 aromatic rings. The van der Waals surface area contributed by atoms with Crippen LogP contribution in [0.1, 0.15) is 74.4 Å². The second-order valence-corrected chi connectivity index (χ2v) is 7.17. The van der Waals surface area contributed by atoms with Gasteiger partial charge in [0.2, 0.25) is 5.89 Å². The normalized spacial score (nSPS) is 24.0. The van der Waals surface area contributed by atoms with Crippen molar-refractivity contribution in [2.75, 3.05) is 6.54 Å². The highest BCUT2D eigenvalue weighted by Gasteiger charge is 2.29. The fraction of sp³-hybridized carbons (Fsp3) is 0.632. The fourth-order valence-electron chi connectivity index (χ4n) is 3.69. The third kappa shape index (κ3) is 3.73. The zero-order valence-corrected chi connectivity index (χ0v) is 14.1. The summed E-state index contributed by atoms with van der Waals surface area (Å²) in [6.07, 6.45) is 10.9. The molecule has 4 rings (SSSR count). The van der Waals surface area contributed by atoms with E-state index in [-0.39, 0.29) is 0 Å². The summed E-state index contributed by atoms with van der Waals surface area (Å²) in [7, 11) is 0. The van der Waals surface area contributed by atoms with E-state index in [1.54, 1.807) is 6.26 Å². The Morgan fingerprint density at radius 1 is 1.25 bits per heavy atom. The Morgan fingerprint density at radius 3 is 2.96 bits per heavy atom. The van der Waals surface area contributed by atoms with Crippen LogP contribution in [0.5, 0.6) is 0 Å². The maximum Gasteiger partial charge on any atom is 0.208 e. The van der Waals surface area contributed by atoms with Crippen molar-refractivity contribution in [2.24, 2.45) is 0 Å². The van der Waals surface area contributed by atoms with Crippen molar-refractivity contribution in [3.05, 3.63) is 42.0 Å². The van der Waals surface area contributed by atoms with Crippen molar-refractivity contribution in [3.63, 3.8) is 0 Å². The molecular weight excluding hydrogens is 304 g/mol. The highest BCUT2D eigenvalue weighted by Crippen LogP contribution is 2.40. The predicted octanol–water partition coefficient (Wildman–Crippen LogP) is 4.01. The van der Waals surface area contributed by atoms with Gasteiger partial charge < -0.3 is 13.9 Å². The lowest BCUT2D eigenvalue weighted by Gasteiger charge is -2.30. The number of aliphatic hydroxyl groups is 1. The van der Waals surface area contributed by atoms with Crippen LogP contribution in [0.25, 0.3) is 0 Å². The number of likely N-dealkylation sites (tertiary alicyclic amines) is 1. The van der Waals surface area contributed by atoms with Gasteiger partial charge >= 0.3 is 0 Å². The lowest BCUT2D eigenvalue weighted by molar-refractivity contribution is 0.0788. The second kappa shape index (κ2) is 7.11. The predicted molar refractivity (Wildman–Crippen MR) is 89.4 cm³/mol. The van der Waals surface area contributed by atoms with E-state index in [1.165, 1.54) is 32.1 Å². The molecule has 0 unspecified atom stereocenters. The molecule has 1 saturated heterocycles. The summed E-state index contributed by atoms with van der Waals surface area (Å²) in [5.74, 6) is 3.13. The van der Waals surface area contributed by atoms with Gasteiger partial charge in [0, 0.05) is 12.0 Å². The fourth-order valence-corrected chi connectivity index (χ4v) is 3.69. The van der Waals surface area contributed by atoms with Gasteiger partial charge in [-0.05, 0) is 50.8 Å². The minimum absolute atomic E-state index is 0.337. The zero-order valence-electron chi connectivity index (χ0n) is 14.1. The molecule has 0 spiro atoms. The lowest BCUT2D eigenvalue weighted by atomic mass is 10.0. The number of aliphatic hydroxyl groups excluding tert-OH is 1. The Hall–Kier alpha value is -1.59. The van der Waals surface area contributed by atoms with Crippen molar-refractivity contribution in [1.29, 1.82) is 0 Å². The van der Waals surface area contributed by atoms with Gasteiger partial charge in [-0.25, -0.2) is 4.98 Å². The van der Waals surface area contributed by atoms with Gasteiger partial charge in [-0.15, -0.1) is 0 Å². The Balaban J connectivity index is 1.42. The van der Waals surface area contributed by atoms with E-state index in [9.17, 15) is 5.11 Å². The van der Waals surface area contributed by atoms with E-state index in [4.69, 9.17) is 8.83 Å². The van der Waals surface area contributed by atoms with Crippen molar-refractivity contribution in [3.8, 4) is 0 Å². The van der Waals surface area contributed by atoms with Crippen molar-refractivity contribution >= 4 is 0 Å². The maximum atomic E-state index is 10.5. The SMILES string of the molecule is O[C@H](C[C@H]1CCCCCN1Cc1ncc(C2CC2)o1)c1ccco1. The molecule has 2 aliphatic rings. The van der Waals surface area contributed by atoms with E-state index < -0.39 is 6.10 Å². The molecule has 2 atom stereocenters. The largest absolute Gasteiger partial charge is 0.467 e. The number of nitrogens with zero attached hydrogens (tertiary/aromatic N) is 2. The Bertz CT molecular complexity index is 633. The molecule has 1 saturated carbocycles. The first-order valence-corrected chi connectivity index (χ1v) is 9.19. The van der Waals surface area contributed by atoms with Crippen molar-refractivity contribution < 1.29 is 13.9 Å². The van der Waals surface area contributed by atoms with E-state index in [0.29, 0.717) is 24.1 Å². The summed E-state index contributed by atoms with van der Waals surface area (Å²) in [5.41, 5.74) is 0. The van der Waals surface area contributed by atoms with Gasteiger partial charge in [0.25, 0.3) is 0 Å². The van der Waals surface area contributed by atoms with Crippen LogP contribution in [0.3, 0.4) is 0 Å². The molecule has 130 valence electrons. The topological polar surface area (TPSA) is 62.6 Å². The van der Waals surface area contributed by atoms with Crippen LogP contribution in [0.15, 0.2) is 33.4 Å². The van der Waals surface area contributed by atoms with Crippen LogP contribution in [0.4, 0.5) is 0 Å². The van der Waals surface area contributed by atoms with Crippen LogP contribution in [-0.2, 0) is 6.54 Å². The van der Waals surface area contributed by atoms with Gasteiger partial charge in [-0.1, -0.05) is 12.8 Å². The third-order valence-corrected chi connectivity index (χ3v) is 5.26. The van der Waals surface area contributed by atoms with Gasteiger partial charge in [-0.2, -0.15) is 0 Å². The summed E-state index contributed by atoms with van der Waals surface area (Å²) in [6.45, 7) is 1.78. The smallest absolute Gasteiger partial charge is 0.208 e. The summed E-state index contributed by atoms with van der Waals surface area (Å²) >= 11 is 0. The summed E-state index contributed by atoms with van der Waals surface area (Å²) in [6, 6.07) is 4.01. The summed E-state index contributed by atoms with van der Waals surface area (Å²) in [5, 5.41) is 10.5. The number of aromatic nitrogens is 1.